The molecule has 0 unspecified atom stereocenters. The van der Waals surface area contributed by atoms with Gasteiger partial charge in [-0.15, -0.1) is 0 Å². The number of hydrogen-bond acceptors (Lipinski definition) is 4. The number of para-hydroxylation sites is 2. The third-order valence-corrected chi connectivity index (χ3v) is 9.86. The maximum absolute atomic E-state index is 4.62. The quantitative estimate of drug-likeness (QED) is 0.153. The first kappa shape index (κ1) is 33.2. The molecule has 2 aromatic carbocycles. The fourth-order valence-electron chi connectivity index (χ4n) is 6.90. The van der Waals surface area contributed by atoms with Crippen LogP contribution >= 0.6 is 0 Å². The Morgan fingerprint density at radius 1 is 1.00 bits per heavy atom. The molecule has 0 spiro atoms. The van der Waals surface area contributed by atoms with Crippen molar-refractivity contribution in [3.8, 4) is 0 Å². The number of nitrogens with one attached hydrogen (secondary N) is 1. The molecule has 3 aromatic rings. The third kappa shape index (κ3) is 6.84. The summed E-state index contributed by atoms with van der Waals surface area (Å²) < 4.78 is 1.95. The van der Waals surface area contributed by atoms with Gasteiger partial charge in [-0.05, 0) is 78.2 Å². The van der Waals surface area contributed by atoms with Crippen molar-refractivity contribution in [2.24, 2.45) is 0 Å². The highest BCUT2D eigenvalue weighted by atomic mass is 15.3. The minimum Gasteiger partial charge on any atom is -0.385 e. The molecule has 5 nitrogen and oxygen atoms in total. The number of aromatic nitrogens is 3. The molecule has 46 heavy (non-hydrogen) atoms. The Hall–Kier alpha value is -4.12. The maximum atomic E-state index is 4.62. The second-order valence-corrected chi connectivity index (χ2v) is 13.8. The van der Waals surface area contributed by atoms with Gasteiger partial charge in [0, 0.05) is 41.0 Å². The molecule has 5 rings (SSSR count). The summed E-state index contributed by atoms with van der Waals surface area (Å²) in [5, 5.41) is 8.28. The van der Waals surface area contributed by atoms with Gasteiger partial charge in [-0.1, -0.05) is 116 Å². The van der Waals surface area contributed by atoms with E-state index in [2.05, 4.69) is 141 Å². The van der Waals surface area contributed by atoms with E-state index in [0.29, 0.717) is 0 Å². The second kappa shape index (κ2) is 14.5. The van der Waals surface area contributed by atoms with E-state index in [-0.39, 0.29) is 10.8 Å². The number of unbranched alkanes of at least 4 members (excludes halogenated alkanes) is 2. The van der Waals surface area contributed by atoms with E-state index in [9.17, 15) is 0 Å². The van der Waals surface area contributed by atoms with Gasteiger partial charge in [-0.25, -0.2) is 9.67 Å². The Bertz CT molecular complexity index is 1630. The second-order valence-electron chi connectivity index (χ2n) is 13.8. The highest BCUT2D eigenvalue weighted by molar-refractivity contribution is 5.74. The van der Waals surface area contributed by atoms with E-state index in [1.54, 1.807) is 6.33 Å². The highest BCUT2D eigenvalue weighted by Gasteiger charge is 2.39. The Kier molecular flexibility index (Phi) is 10.5. The fraction of sp³-hybridized carbons (Fsp3) is 0.415. The summed E-state index contributed by atoms with van der Waals surface area (Å²) in [6, 6.07) is 17.6. The highest BCUT2D eigenvalue weighted by Crippen LogP contribution is 2.48. The van der Waals surface area contributed by atoms with Crippen molar-refractivity contribution < 1.29 is 0 Å². The van der Waals surface area contributed by atoms with Crippen LogP contribution in [0.4, 0.5) is 11.4 Å². The van der Waals surface area contributed by atoms with Gasteiger partial charge in [0.05, 0.1) is 5.70 Å². The van der Waals surface area contributed by atoms with Gasteiger partial charge in [-0.2, -0.15) is 5.10 Å². The van der Waals surface area contributed by atoms with E-state index in [1.807, 2.05) is 11.0 Å². The SMILES string of the molecule is C=C(/C=C/C1=C(n2cncn2)C(=C/C=C2\N(CCCC)c3ccccc3C2(C)C)/CCC1)C(C)(C)c1ccccc1NCCCC. The van der Waals surface area contributed by atoms with Crippen LogP contribution in [0, 0.1) is 0 Å². The topological polar surface area (TPSA) is 46.0 Å². The first-order valence-electron chi connectivity index (χ1n) is 17.3. The third-order valence-electron chi connectivity index (χ3n) is 9.86. The van der Waals surface area contributed by atoms with E-state index < -0.39 is 0 Å². The zero-order valence-corrected chi connectivity index (χ0v) is 28.9. The monoisotopic (exact) mass is 615 g/mol. The van der Waals surface area contributed by atoms with E-state index in [0.717, 1.165) is 56.5 Å². The Morgan fingerprint density at radius 2 is 1.76 bits per heavy atom. The van der Waals surface area contributed by atoms with Gasteiger partial charge in [-0.3, -0.25) is 0 Å². The minimum absolute atomic E-state index is 0.0685. The first-order valence-corrected chi connectivity index (χ1v) is 17.3. The van der Waals surface area contributed by atoms with Crippen molar-refractivity contribution in [3.63, 3.8) is 0 Å². The van der Waals surface area contributed by atoms with E-state index in [4.69, 9.17) is 0 Å². The number of nitrogens with zero attached hydrogens (tertiary/aromatic N) is 4. The molecule has 0 radical (unpaired) electrons. The summed E-state index contributed by atoms with van der Waals surface area (Å²) in [5.74, 6) is 0. The smallest absolute Gasteiger partial charge is 0.138 e. The van der Waals surface area contributed by atoms with E-state index >= 15 is 0 Å². The van der Waals surface area contributed by atoms with Crippen LogP contribution in [0.25, 0.3) is 5.70 Å². The molecule has 0 fully saturated rings. The van der Waals surface area contributed by atoms with E-state index in [1.165, 1.54) is 52.2 Å². The summed E-state index contributed by atoms with van der Waals surface area (Å²) in [4.78, 5) is 6.87. The molecule has 5 heteroatoms. The van der Waals surface area contributed by atoms with Crippen molar-refractivity contribution in [2.75, 3.05) is 23.3 Å². The number of fused-ring (bicyclic) bond motifs is 1. The summed E-state index contributed by atoms with van der Waals surface area (Å²) in [7, 11) is 0. The first-order chi connectivity index (χ1) is 22.2. The Morgan fingerprint density at radius 3 is 2.52 bits per heavy atom. The van der Waals surface area contributed by atoms with Crippen molar-refractivity contribution in [2.45, 2.75) is 97.3 Å². The molecular formula is C41H53N5. The number of allylic oxidation sites excluding steroid dienone is 9. The summed E-state index contributed by atoms with van der Waals surface area (Å²) in [5.41, 5.74) is 11.0. The largest absolute Gasteiger partial charge is 0.385 e. The normalized spacial score (nSPS) is 18.2. The van der Waals surface area contributed by atoms with Crippen LogP contribution in [0.5, 0.6) is 0 Å². The molecule has 0 bridgehead atoms. The molecule has 2 aliphatic rings. The number of hydrogen-bond donors (Lipinski definition) is 1. The van der Waals surface area contributed by atoms with Crippen molar-refractivity contribution in [1.29, 1.82) is 0 Å². The lowest BCUT2D eigenvalue weighted by molar-refractivity contribution is 0.624. The van der Waals surface area contributed by atoms with Crippen LogP contribution in [0.2, 0.25) is 0 Å². The van der Waals surface area contributed by atoms with Crippen LogP contribution in [0.15, 0.2) is 114 Å². The van der Waals surface area contributed by atoms with Crippen LogP contribution in [0.1, 0.15) is 97.6 Å². The number of benzene rings is 2. The summed E-state index contributed by atoms with van der Waals surface area (Å²) in [6.07, 6.45) is 20.4. The molecule has 1 N–H and O–H groups in total. The maximum Gasteiger partial charge on any atom is 0.138 e. The predicted octanol–water partition coefficient (Wildman–Crippen LogP) is 10.4. The van der Waals surface area contributed by atoms with Gasteiger partial charge in [0.15, 0.2) is 0 Å². The molecular weight excluding hydrogens is 562 g/mol. The molecule has 0 amide bonds. The van der Waals surface area contributed by atoms with Gasteiger partial charge in [0.1, 0.15) is 12.7 Å². The molecule has 1 aliphatic carbocycles. The average Bonchev–Trinajstić information content (AvgIpc) is 3.66. The zero-order chi connectivity index (χ0) is 32.7. The lowest BCUT2D eigenvalue weighted by atomic mass is 9.77. The Balaban J connectivity index is 1.50. The molecule has 1 aliphatic heterocycles. The number of anilines is 2. The Labute approximate surface area is 277 Å². The predicted molar refractivity (Wildman–Crippen MR) is 196 cm³/mol. The molecule has 0 atom stereocenters. The summed E-state index contributed by atoms with van der Waals surface area (Å²) in [6.45, 7) is 20.4. The van der Waals surface area contributed by atoms with Gasteiger partial charge in [0.2, 0.25) is 0 Å². The van der Waals surface area contributed by atoms with Crippen molar-refractivity contribution in [1.82, 2.24) is 14.8 Å². The molecule has 0 saturated heterocycles. The van der Waals surface area contributed by atoms with Crippen molar-refractivity contribution in [3.05, 3.63) is 126 Å². The zero-order valence-electron chi connectivity index (χ0n) is 28.9. The van der Waals surface area contributed by atoms with Crippen LogP contribution < -0.4 is 10.2 Å². The molecule has 0 saturated carbocycles. The van der Waals surface area contributed by atoms with Crippen molar-refractivity contribution >= 4 is 17.1 Å². The lowest BCUT2D eigenvalue weighted by Gasteiger charge is -2.29. The van der Waals surface area contributed by atoms with Gasteiger partial charge >= 0.3 is 0 Å². The standard InChI is InChI=1S/C41H53N5/c1-8-10-27-43-36-21-14-12-19-34(36)40(4,5)31(3)23-24-32-17-16-18-33(39(32)46-30-42-29-44-46)25-26-38-41(6,7)35-20-13-15-22-37(35)45(38)28-11-9-2/h12-15,19-26,29-30,43H,3,8-11,16-18,27-28H2,1-2,4-7H3/b24-23+,33-25+,38-26-. The van der Waals surface area contributed by atoms with Crippen LogP contribution in [0.3, 0.4) is 0 Å². The van der Waals surface area contributed by atoms with Gasteiger partial charge < -0.3 is 10.2 Å². The minimum atomic E-state index is -0.233. The molecule has 2 heterocycles. The summed E-state index contributed by atoms with van der Waals surface area (Å²) >= 11 is 0. The molecule has 1 aromatic heterocycles. The van der Waals surface area contributed by atoms with Crippen LogP contribution in [-0.2, 0) is 10.8 Å². The molecule has 242 valence electrons. The lowest BCUT2D eigenvalue weighted by Crippen LogP contribution is -2.27. The number of rotatable bonds is 13. The van der Waals surface area contributed by atoms with Crippen LogP contribution in [-0.4, -0.2) is 27.9 Å². The average molecular weight is 616 g/mol. The van der Waals surface area contributed by atoms with Gasteiger partial charge in [0.25, 0.3) is 0 Å². The fourth-order valence-corrected chi connectivity index (χ4v) is 6.90.